The van der Waals surface area contributed by atoms with Gasteiger partial charge in [0.25, 0.3) is 5.91 Å². The number of fused-ring (bicyclic) bond motifs is 1. The minimum Gasteiger partial charge on any atom is -0.468 e. The molecular weight excluding hydrogens is 437 g/mol. The molecule has 0 saturated carbocycles. The Morgan fingerprint density at radius 1 is 1.18 bits per heavy atom. The van der Waals surface area contributed by atoms with Crippen LogP contribution in [0.25, 0.3) is 11.0 Å². The van der Waals surface area contributed by atoms with Crippen LogP contribution in [0.3, 0.4) is 0 Å². The molecule has 0 radical (unpaired) electrons. The van der Waals surface area contributed by atoms with E-state index in [4.69, 9.17) is 9.47 Å². The molecular formula is C23H25F3N4O3. The van der Waals surface area contributed by atoms with Gasteiger partial charge < -0.3 is 14.8 Å². The molecule has 4 rings (SSSR count). The van der Waals surface area contributed by atoms with E-state index in [1.165, 1.54) is 19.2 Å². The fraction of sp³-hybridized carbons (Fsp3) is 0.391. The summed E-state index contributed by atoms with van der Waals surface area (Å²) in [5.41, 5.74) is 1.46. The second-order valence-corrected chi connectivity index (χ2v) is 7.89. The average molecular weight is 462 g/mol. The monoisotopic (exact) mass is 462 g/mol. The van der Waals surface area contributed by atoms with Crippen LogP contribution in [0.4, 0.5) is 13.2 Å². The lowest BCUT2D eigenvalue weighted by Gasteiger charge is -2.36. The molecule has 1 aromatic heterocycles. The molecule has 1 saturated heterocycles. The van der Waals surface area contributed by atoms with Gasteiger partial charge in [-0.05, 0) is 55.1 Å². The number of rotatable bonds is 6. The molecule has 1 aliphatic rings. The van der Waals surface area contributed by atoms with Crippen LogP contribution < -0.4 is 15.4 Å². The Balaban J connectivity index is 1.84. The molecule has 1 aliphatic heterocycles. The lowest BCUT2D eigenvalue weighted by molar-refractivity contribution is -0.317. The van der Waals surface area contributed by atoms with Crippen LogP contribution >= 0.6 is 0 Å². The molecule has 7 nitrogen and oxygen atoms in total. The third kappa shape index (κ3) is 4.16. The van der Waals surface area contributed by atoms with Gasteiger partial charge in [-0.1, -0.05) is 24.3 Å². The van der Waals surface area contributed by atoms with Crippen LogP contribution in [0, 0.1) is 0 Å². The Morgan fingerprint density at radius 3 is 2.55 bits per heavy atom. The van der Waals surface area contributed by atoms with E-state index in [2.05, 4.69) is 10.3 Å². The lowest BCUT2D eigenvalue weighted by Crippen LogP contribution is -2.61. The molecule has 10 heteroatoms. The first kappa shape index (κ1) is 23.1. The Morgan fingerprint density at radius 2 is 1.94 bits per heavy atom. The maximum Gasteiger partial charge on any atom is 0.459 e. The van der Waals surface area contributed by atoms with Gasteiger partial charge in [0, 0.05) is 19.2 Å². The molecule has 2 unspecified atom stereocenters. The summed E-state index contributed by atoms with van der Waals surface area (Å²) in [6.07, 6.45) is -3.04. The zero-order chi connectivity index (χ0) is 23.6. The van der Waals surface area contributed by atoms with E-state index < -0.39 is 17.9 Å². The summed E-state index contributed by atoms with van der Waals surface area (Å²) in [7, 11) is 2.10. The van der Waals surface area contributed by atoms with E-state index in [0.29, 0.717) is 5.52 Å². The lowest BCUT2D eigenvalue weighted by atomic mass is 9.91. The summed E-state index contributed by atoms with van der Waals surface area (Å²) in [6.45, 7) is 1.74. The molecule has 1 fully saturated rings. The third-order valence-corrected chi connectivity index (χ3v) is 5.91. The second kappa shape index (κ2) is 9.03. The summed E-state index contributed by atoms with van der Waals surface area (Å²) in [6, 6.07) is 12.4. The normalized spacial score (nSPS) is 18.6. The molecule has 2 atom stereocenters. The summed E-state index contributed by atoms with van der Waals surface area (Å²) in [5, 5.41) is 5.36. The highest BCUT2D eigenvalue weighted by molar-refractivity contribution is 5.94. The van der Waals surface area contributed by atoms with E-state index in [0.717, 1.165) is 43.2 Å². The van der Waals surface area contributed by atoms with Crippen molar-refractivity contribution >= 4 is 16.9 Å². The number of benzene rings is 2. The van der Waals surface area contributed by atoms with Gasteiger partial charge in [-0.25, -0.2) is 4.57 Å². The highest BCUT2D eigenvalue weighted by Gasteiger charge is 2.61. The number of hydrogen-bond donors (Lipinski definition) is 2. The molecule has 0 bridgehead atoms. The fourth-order valence-corrected chi connectivity index (χ4v) is 4.23. The summed E-state index contributed by atoms with van der Waals surface area (Å²) in [4.78, 5) is 17.1. The van der Waals surface area contributed by atoms with Gasteiger partial charge >= 0.3 is 18.0 Å². The number of imidazole rings is 1. The Labute approximate surface area is 188 Å². The molecule has 2 aromatic carbocycles. The number of hydrogen-bond acceptors (Lipinski definition) is 5. The number of nitrogens with zero attached hydrogens (tertiary/aromatic N) is 2. The first-order valence-corrected chi connectivity index (χ1v) is 10.6. The van der Waals surface area contributed by atoms with Gasteiger partial charge in [-0.2, -0.15) is 18.2 Å². The van der Waals surface area contributed by atoms with Gasteiger partial charge in [0.1, 0.15) is 0 Å². The van der Waals surface area contributed by atoms with Crippen molar-refractivity contribution in [2.75, 3.05) is 27.3 Å². The van der Waals surface area contributed by atoms with E-state index in [-0.39, 0.29) is 23.0 Å². The minimum atomic E-state index is -5.04. The molecule has 2 heterocycles. The number of halogens is 3. The number of aromatic nitrogens is 2. The second-order valence-electron chi connectivity index (χ2n) is 7.89. The molecule has 0 aliphatic carbocycles. The first-order valence-electron chi connectivity index (χ1n) is 10.6. The van der Waals surface area contributed by atoms with Crippen molar-refractivity contribution < 1.29 is 27.4 Å². The van der Waals surface area contributed by atoms with Crippen molar-refractivity contribution in [1.82, 2.24) is 20.2 Å². The van der Waals surface area contributed by atoms with Crippen LogP contribution in [-0.2, 0) is 10.6 Å². The quantitative estimate of drug-likeness (QED) is 0.546. The maximum atomic E-state index is 14.6. The third-order valence-electron chi connectivity index (χ3n) is 5.91. The van der Waals surface area contributed by atoms with E-state index in [1.807, 2.05) is 5.32 Å². The van der Waals surface area contributed by atoms with Gasteiger partial charge in [0.2, 0.25) is 0 Å². The highest BCUT2D eigenvalue weighted by atomic mass is 19.4. The highest BCUT2D eigenvalue weighted by Crippen LogP contribution is 2.41. The first-order chi connectivity index (χ1) is 15.8. The minimum absolute atomic E-state index is 0.0543. The molecule has 2 N–H and O–H groups in total. The standard InChI is InChI=1S/C23H25F3N4O3/c1-32-21-28-18-13-16(17-9-6-12-27-14-17)10-11-19(18)30(21)23(33-2,22(24,25)26)29-20(31)15-7-4-3-5-8-15/h3-5,7-8,10-11,13,17,27H,6,9,12,14H2,1-2H3,(H,29,31). The topological polar surface area (TPSA) is 77.4 Å². The van der Waals surface area contributed by atoms with Crippen molar-refractivity contribution in [1.29, 1.82) is 0 Å². The zero-order valence-electron chi connectivity index (χ0n) is 18.3. The Hall–Kier alpha value is -3.11. The average Bonchev–Trinajstić information content (AvgIpc) is 3.21. The van der Waals surface area contributed by atoms with Crippen LogP contribution in [0.5, 0.6) is 6.01 Å². The number of piperidine rings is 1. The smallest absolute Gasteiger partial charge is 0.459 e. The largest absolute Gasteiger partial charge is 0.468 e. The zero-order valence-corrected chi connectivity index (χ0v) is 18.3. The predicted molar refractivity (Wildman–Crippen MR) is 116 cm³/mol. The number of carbonyl (C=O) groups excluding carboxylic acids is 1. The van der Waals surface area contributed by atoms with Crippen molar-refractivity contribution in [2.24, 2.45) is 0 Å². The van der Waals surface area contributed by atoms with Crippen molar-refractivity contribution in [2.45, 2.75) is 30.8 Å². The van der Waals surface area contributed by atoms with Crippen LogP contribution in [0.1, 0.15) is 34.7 Å². The van der Waals surface area contributed by atoms with E-state index in [1.54, 1.807) is 36.4 Å². The van der Waals surface area contributed by atoms with E-state index >= 15 is 0 Å². The molecule has 1 amide bonds. The predicted octanol–water partition coefficient (Wildman–Crippen LogP) is 3.76. The van der Waals surface area contributed by atoms with Gasteiger partial charge in [0.05, 0.1) is 18.1 Å². The number of methoxy groups -OCH3 is 2. The number of alkyl halides is 3. The summed E-state index contributed by atoms with van der Waals surface area (Å²) < 4.78 is 54.7. The Kier molecular flexibility index (Phi) is 6.31. The molecule has 33 heavy (non-hydrogen) atoms. The van der Waals surface area contributed by atoms with Crippen molar-refractivity contribution in [3.05, 3.63) is 59.7 Å². The SMILES string of the molecule is COc1nc2cc(C3CCCNC3)ccc2n1C(NC(=O)c1ccccc1)(OC)C(F)(F)F. The Bertz CT molecular complexity index is 1130. The van der Waals surface area contributed by atoms with Crippen molar-refractivity contribution in [3.8, 4) is 6.01 Å². The van der Waals surface area contributed by atoms with Crippen LogP contribution in [-0.4, -0.2) is 48.9 Å². The number of ether oxygens (including phenoxy) is 2. The van der Waals surface area contributed by atoms with Crippen LogP contribution in [0.15, 0.2) is 48.5 Å². The maximum absolute atomic E-state index is 14.6. The number of carbonyl (C=O) groups is 1. The number of amides is 1. The summed E-state index contributed by atoms with van der Waals surface area (Å²) in [5.74, 6) is -3.95. The van der Waals surface area contributed by atoms with Crippen molar-refractivity contribution in [3.63, 3.8) is 0 Å². The van der Waals surface area contributed by atoms with Gasteiger partial charge in [-0.15, -0.1) is 0 Å². The van der Waals surface area contributed by atoms with Gasteiger partial charge in [0.15, 0.2) is 0 Å². The van der Waals surface area contributed by atoms with Gasteiger partial charge in [-0.3, -0.25) is 10.1 Å². The fourth-order valence-electron chi connectivity index (χ4n) is 4.23. The summed E-state index contributed by atoms with van der Waals surface area (Å²) >= 11 is 0. The van der Waals surface area contributed by atoms with Crippen LogP contribution in [0.2, 0.25) is 0 Å². The number of nitrogens with one attached hydrogen (secondary N) is 2. The molecule has 176 valence electrons. The molecule has 3 aromatic rings. The van der Waals surface area contributed by atoms with E-state index in [9.17, 15) is 18.0 Å². The molecule has 0 spiro atoms.